The topological polar surface area (TPSA) is 104 Å². The highest BCUT2D eigenvalue weighted by Gasteiger charge is 2.49. The van der Waals surface area contributed by atoms with E-state index in [-0.39, 0.29) is 11.8 Å². The van der Waals surface area contributed by atoms with Gasteiger partial charge in [-0.1, -0.05) is 50.3 Å². The quantitative estimate of drug-likeness (QED) is 0.433. The molecule has 2 amide bonds. The molecule has 2 aliphatic heterocycles. The Bertz CT molecular complexity index is 1060. The number of rotatable bonds is 6. The van der Waals surface area contributed by atoms with Crippen molar-refractivity contribution < 1.29 is 9.59 Å². The Morgan fingerprint density at radius 3 is 2.57 bits per heavy atom. The van der Waals surface area contributed by atoms with Gasteiger partial charge in [0.15, 0.2) is 0 Å². The van der Waals surface area contributed by atoms with Crippen LogP contribution in [0.1, 0.15) is 44.0 Å². The molecule has 8 heteroatoms. The molecular formula is C27H36N6O2. The third-order valence-electron chi connectivity index (χ3n) is 6.36. The van der Waals surface area contributed by atoms with E-state index in [4.69, 9.17) is 5.73 Å². The average Bonchev–Trinajstić information content (AvgIpc) is 3.19. The van der Waals surface area contributed by atoms with E-state index in [1.165, 1.54) is 0 Å². The molecule has 1 aromatic carbocycles. The zero-order valence-electron chi connectivity index (χ0n) is 20.8. The van der Waals surface area contributed by atoms with Gasteiger partial charge in [0.2, 0.25) is 5.91 Å². The van der Waals surface area contributed by atoms with Gasteiger partial charge in [0.1, 0.15) is 11.4 Å². The number of hydrogen-bond acceptors (Lipinski definition) is 6. The first-order chi connectivity index (χ1) is 17.0. The Labute approximate surface area is 207 Å². The van der Waals surface area contributed by atoms with E-state index in [9.17, 15) is 9.59 Å². The summed E-state index contributed by atoms with van der Waals surface area (Å²) in [6.07, 6.45) is 11.1. The Balaban J connectivity index is 0.00000167. The lowest BCUT2D eigenvalue weighted by Gasteiger charge is -2.42. The molecule has 0 radical (unpaired) electrons. The molecule has 0 saturated carbocycles. The normalized spacial score (nSPS) is 17.5. The maximum Gasteiger partial charge on any atom is 0.257 e. The van der Waals surface area contributed by atoms with Gasteiger partial charge in [-0.25, -0.2) is 4.98 Å². The smallest absolute Gasteiger partial charge is 0.257 e. The fourth-order valence-corrected chi connectivity index (χ4v) is 4.41. The van der Waals surface area contributed by atoms with Crippen LogP contribution in [-0.4, -0.2) is 53.5 Å². The van der Waals surface area contributed by atoms with Crippen molar-refractivity contribution in [2.45, 2.75) is 39.2 Å². The van der Waals surface area contributed by atoms with Crippen LogP contribution in [0.4, 0.5) is 17.2 Å². The van der Waals surface area contributed by atoms with Crippen LogP contribution < -0.4 is 21.3 Å². The highest BCUT2D eigenvalue weighted by Crippen LogP contribution is 2.33. The summed E-state index contributed by atoms with van der Waals surface area (Å²) in [7, 11) is 0. The zero-order valence-corrected chi connectivity index (χ0v) is 20.8. The van der Waals surface area contributed by atoms with Crippen LogP contribution >= 0.6 is 0 Å². The number of anilines is 3. The molecule has 1 spiro atoms. The standard InChI is InChI=1S/C25H30N6O2.C2H6/c1-2-3-4-7-14-31-18-28-24(33)25(31)12-15-30(16-13-25)22-11-10-19(17-27-22)23(32)29-21-9-6-5-8-20(21)26;1-2/h2-11,17H,12-16,18,26H2,1H3,(H,28,33)(H,29,32);1-2H3/b3-2-,7-4-;. The van der Waals surface area contributed by atoms with Crippen LogP contribution in [0.5, 0.6) is 0 Å². The predicted molar refractivity (Wildman–Crippen MR) is 142 cm³/mol. The van der Waals surface area contributed by atoms with Gasteiger partial charge in [-0.2, -0.15) is 0 Å². The Morgan fingerprint density at radius 1 is 1.17 bits per heavy atom. The van der Waals surface area contributed by atoms with Gasteiger partial charge < -0.3 is 21.3 Å². The highest BCUT2D eigenvalue weighted by atomic mass is 16.2. The van der Waals surface area contributed by atoms with Crippen molar-refractivity contribution in [3.8, 4) is 0 Å². The molecule has 4 rings (SSSR count). The van der Waals surface area contributed by atoms with Gasteiger partial charge >= 0.3 is 0 Å². The van der Waals surface area contributed by atoms with Crippen LogP contribution in [0.3, 0.4) is 0 Å². The molecule has 3 heterocycles. The summed E-state index contributed by atoms with van der Waals surface area (Å²) in [5.74, 6) is 0.661. The van der Waals surface area contributed by atoms with Gasteiger partial charge in [0, 0.05) is 25.8 Å². The van der Waals surface area contributed by atoms with Gasteiger partial charge in [0.05, 0.1) is 23.6 Å². The van der Waals surface area contributed by atoms with Crippen LogP contribution in [0.2, 0.25) is 0 Å². The molecule has 2 saturated heterocycles. The van der Waals surface area contributed by atoms with Crippen LogP contribution in [0.15, 0.2) is 66.9 Å². The minimum Gasteiger partial charge on any atom is -0.397 e. The van der Waals surface area contributed by atoms with Crippen molar-refractivity contribution in [1.82, 2.24) is 15.2 Å². The summed E-state index contributed by atoms with van der Waals surface area (Å²) in [6, 6.07) is 10.8. The number of hydrogen-bond donors (Lipinski definition) is 3. The second-order valence-electron chi connectivity index (χ2n) is 8.31. The maximum absolute atomic E-state index is 12.7. The first-order valence-electron chi connectivity index (χ1n) is 12.2. The molecule has 0 bridgehead atoms. The number of pyridine rings is 1. The molecule has 0 aliphatic carbocycles. The molecule has 2 aliphatic rings. The molecule has 35 heavy (non-hydrogen) atoms. The highest BCUT2D eigenvalue weighted by molar-refractivity contribution is 6.05. The van der Waals surface area contributed by atoms with Crippen molar-refractivity contribution in [3.63, 3.8) is 0 Å². The lowest BCUT2D eigenvalue weighted by molar-refractivity contribution is -0.127. The Kier molecular flexibility index (Phi) is 9.03. The fraction of sp³-hybridized carbons (Fsp3) is 0.370. The largest absolute Gasteiger partial charge is 0.397 e. The maximum atomic E-state index is 12.7. The SMILES string of the molecule is C/C=C\C=C/CN1CNC(=O)C12CCN(c1ccc(C(=O)Nc3ccccc3N)cn1)CC2.CC. The van der Waals surface area contributed by atoms with Crippen LogP contribution in [0.25, 0.3) is 0 Å². The van der Waals surface area contributed by atoms with Crippen LogP contribution in [0, 0.1) is 0 Å². The number of para-hydroxylation sites is 2. The average molecular weight is 477 g/mol. The fourth-order valence-electron chi connectivity index (χ4n) is 4.41. The van der Waals surface area contributed by atoms with E-state index in [2.05, 4.69) is 31.5 Å². The third-order valence-corrected chi connectivity index (χ3v) is 6.36. The lowest BCUT2D eigenvalue weighted by Crippen LogP contribution is -2.56. The molecule has 2 fully saturated rings. The number of nitrogen functional groups attached to an aromatic ring is 1. The van der Waals surface area contributed by atoms with Crippen molar-refractivity contribution in [3.05, 3.63) is 72.5 Å². The number of allylic oxidation sites excluding steroid dienone is 3. The zero-order chi connectivity index (χ0) is 25.3. The summed E-state index contributed by atoms with van der Waals surface area (Å²) in [4.78, 5) is 34.2. The van der Waals surface area contributed by atoms with Gasteiger partial charge in [0.25, 0.3) is 5.91 Å². The minimum atomic E-state index is -0.466. The number of benzene rings is 1. The van der Waals surface area contributed by atoms with Crippen molar-refractivity contribution in [2.24, 2.45) is 0 Å². The molecule has 0 atom stereocenters. The number of carbonyl (C=O) groups excluding carboxylic acids is 2. The lowest BCUT2D eigenvalue weighted by atomic mass is 9.86. The van der Waals surface area contributed by atoms with Gasteiger partial charge in [-0.3, -0.25) is 14.5 Å². The monoisotopic (exact) mass is 476 g/mol. The van der Waals surface area contributed by atoms with Crippen molar-refractivity contribution in [1.29, 1.82) is 0 Å². The second-order valence-corrected chi connectivity index (χ2v) is 8.31. The van der Waals surface area contributed by atoms with E-state index >= 15 is 0 Å². The van der Waals surface area contributed by atoms with E-state index in [1.807, 2.05) is 57.2 Å². The molecular weight excluding hydrogens is 440 g/mol. The van der Waals surface area contributed by atoms with Crippen molar-refractivity contribution >= 4 is 29.0 Å². The number of nitrogens with zero attached hydrogens (tertiary/aromatic N) is 3. The van der Waals surface area contributed by atoms with E-state index < -0.39 is 5.54 Å². The summed E-state index contributed by atoms with van der Waals surface area (Å²) in [5, 5.41) is 5.83. The summed E-state index contributed by atoms with van der Waals surface area (Å²) in [6.45, 7) is 8.74. The Morgan fingerprint density at radius 2 is 1.91 bits per heavy atom. The molecule has 2 aromatic rings. The van der Waals surface area contributed by atoms with Gasteiger partial charge in [-0.15, -0.1) is 0 Å². The molecule has 8 nitrogen and oxygen atoms in total. The molecule has 1 aromatic heterocycles. The number of aromatic nitrogens is 1. The summed E-state index contributed by atoms with van der Waals surface area (Å²) < 4.78 is 0. The molecule has 186 valence electrons. The number of amides is 2. The number of nitrogens with one attached hydrogen (secondary N) is 2. The van der Waals surface area contributed by atoms with Crippen molar-refractivity contribution in [2.75, 3.05) is 42.3 Å². The van der Waals surface area contributed by atoms with E-state index in [1.54, 1.807) is 24.4 Å². The second kappa shape index (κ2) is 12.2. The first kappa shape index (κ1) is 26.0. The number of carbonyl (C=O) groups is 2. The number of piperidine rings is 1. The molecule has 4 N–H and O–H groups in total. The number of nitrogens with two attached hydrogens (primary N) is 1. The van der Waals surface area contributed by atoms with E-state index in [0.717, 1.165) is 38.3 Å². The molecule has 0 unspecified atom stereocenters. The van der Waals surface area contributed by atoms with E-state index in [0.29, 0.717) is 23.6 Å². The Hall–Kier alpha value is -3.65. The predicted octanol–water partition coefficient (Wildman–Crippen LogP) is 3.80. The first-order valence-corrected chi connectivity index (χ1v) is 12.2. The van der Waals surface area contributed by atoms with Crippen LogP contribution in [-0.2, 0) is 4.79 Å². The van der Waals surface area contributed by atoms with Gasteiger partial charge in [-0.05, 0) is 44.0 Å². The summed E-state index contributed by atoms with van der Waals surface area (Å²) >= 11 is 0. The summed E-state index contributed by atoms with van der Waals surface area (Å²) in [5.41, 5.74) is 6.99. The third kappa shape index (κ3) is 5.89. The minimum absolute atomic E-state index is 0.113.